The molecule has 2 aliphatic rings. The van der Waals surface area contributed by atoms with Crippen LogP contribution in [0.5, 0.6) is 0 Å². The summed E-state index contributed by atoms with van der Waals surface area (Å²) in [5.41, 5.74) is 3.67. The van der Waals surface area contributed by atoms with Gasteiger partial charge in [-0.15, -0.1) is 0 Å². The molecule has 0 spiro atoms. The van der Waals surface area contributed by atoms with Crippen LogP contribution in [0.25, 0.3) is 10.9 Å². The summed E-state index contributed by atoms with van der Waals surface area (Å²) >= 11 is 0. The summed E-state index contributed by atoms with van der Waals surface area (Å²) in [5, 5.41) is 6.07. The van der Waals surface area contributed by atoms with Crippen LogP contribution in [0.4, 0.5) is 0 Å². The number of aliphatic imine (C=N–C) groups is 1. The Labute approximate surface area is 138 Å². The van der Waals surface area contributed by atoms with E-state index in [-0.39, 0.29) is 0 Å². The van der Waals surface area contributed by atoms with Gasteiger partial charge in [0.05, 0.1) is 11.6 Å². The Hall–Kier alpha value is -1.68. The highest BCUT2D eigenvalue weighted by molar-refractivity contribution is 6.03. The molecule has 1 atom stereocenters. The predicted octanol–water partition coefficient (Wildman–Crippen LogP) is 3.52. The minimum Gasteiger partial charge on any atom is -0.306 e. The van der Waals surface area contributed by atoms with Gasteiger partial charge in [0.2, 0.25) is 0 Å². The summed E-state index contributed by atoms with van der Waals surface area (Å²) in [5.74, 6) is 0.731. The first-order chi connectivity index (χ1) is 11.2. The van der Waals surface area contributed by atoms with Gasteiger partial charge < -0.3 is 4.90 Å². The van der Waals surface area contributed by atoms with Crippen molar-refractivity contribution >= 4 is 16.6 Å². The van der Waals surface area contributed by atoms with Crippen molar-refractivity contribution in [2.24, 2.45) is 10.9 Å². The Morgan fingerprint density at radius 1 is 1.13 bits per heavy atom. The molecule has 4 rings (SSSR count). The van der Waals surface area contributed by atoms with Gasteiger partial charge in [-0.05, 0) is 69.4 Å². The Morgan fingerprint density at radius 3 is 2.70 bits per heavy atom. The van der Waals surface area contributed by atoms with Gasteiger partial charge in [-0.25, -0.2) is 0 Å². The minimum absolute atomic E-state index is 0.551. The number of nitrogens with zero attached hydrogens (tertiary/aromatic N) is 4. The van der Waals surface area contributed by atoms with E-state index < -0.39 is 0 Å². The number of benzene rings is 1. The van der Waals surface area contributed by atoms with Crippen molar-refractivity contribution in [3.8, 4) is 0 Å². The van der Waals surface area contributed by atoms with Crippen LogP contribution in [0, 0.1) is 5.92 Å². The summed E-state index contributed by atoms with van der Waals surface area (Å²) in [6.07, 6.45) is 6.99. The van der Waals surface area contributed by atoms with E-state index in [1.165, 1.54) is 49.0 Å². The van der Waals surface area contributed by atoms with Gasteiger partial charge in [0, 0.05) is 23.8 Å². The fourth-order valence-corrected chi connectivity index (χ4v) is 3.73. The number of fused-ring (bicyclic) bond motifs is 1. The van der Waals surface area contributed by atoms with Crippen molar-refractivity contribution in [1.29, 1.82) is 0 Å². The van der Waals surface area contributed by atoms with Crippen LogP contribution in [0.3, 0.4) is 0 Å². The Bertz CT molecular complexity index is 722. The molecule has 23 heavy (non-hydrogen) atoms. The van der Waals surface area contributed by atoms with Crippen LogP contribution in [0.15, 0.2) is 29.4 Å². The van der Waals surface area contributed by atoms with E-state index in [1.54, 1.807) is 0 Å². The first-order valence-corrected chi connectivity index (χ1v) is 8.90. The lowest BCUT2D eigenvalue weighted by Crippen LogP contribution is -2.31. The molecular formula is C19H26N4. The van der Waals surface area contributed by atoms with Gasteiger partial charge in [0.15, 0.2) is 0 Å². The van der Waals surface area contributed by atoms with Crippen LogP contribution >= 0.6 is 0 Å². The molecule has 0 bridgehead atoms. The molecular weight excluding hydrogens is 284 g/mol. The van der Waals surface area contributed by atoms with Crippen molar-refractivity contribution < 1.29 is 0 Å². The van der Waals surface area contributed by atoms with Crippen molar-refractivity contribution in [2.75, 3.05) is 26.7 Å². The molecule has 3 heterocycles. The van der Waals surface area contributed by atoms with E-state index in [0.717, 1.165) is 24.4 Å². The third-order valence-electron chi connectivity index (χ3n) is 5.39. The maximum absolute atomic E-state index is 4.82. The lowest BCUT2D eigenvalue weighted by Gasteiger charge is -2.28. The van der Waals surface area contributed by atoms with E-state index in [2.05, 4.69) is 47.9 Å². The summed E-state index contributed by atoms with van der Waals surface area (Å²) in [7, 11) is 2.20. The van der Waals surface area contributed by atoms with Gasteiger partial charge in [-0.2, -0.15) is 5.10 Å². The molecule has 0 amide bonds. The smallest absolute Gasteiger partial charge is 0.0923 e. The molecule has 4 heteroatoms. The van der Waals surface area contributed by atoms with Gasteiger partial charge in [-0.1, -0.05) is 13.0 Å². The molecule has 2 aliphatic heterocycles. The SMILES string of the molecule is C[C@H]1CCC(c2ccc3nn(C4CCN(C)CC4)cc3c2)=NC1. The number of aromatic nitrogens is 2. The Morgan fingerprint density at radius 2 is 1.96 bits per heavy atom. The third-order valence-corrected chi connectivity index (χ3v) is 5.39. The molecule has 0 N–H and O–H groups in total. The maximum Gasteiger partial charge on any atom is 0.0923 e. The van der Waals surface area contributed by atoms with E-state index >= 15 is 0 Å². The van der Waals surface area contributed by atoms with Crippen LogP contribution in [0.2, 0.25) is 0 Å². The lowest BCUT2D eigenvalue weighted by molar-refractivity contribution is 0.213. The minimum atomic E-state index is 0.551. The highest BCUT2D eigenvalue weighted by atomic mass is 15.3. The van der Waals surface area contributed by atoms with Gasteiger partial charge in [0.25, 0.3) is 0 Å². The van der Waals surface area contributed by atoms with E-state index in [0.29, 0.717) is 6.04 Å². The van der Waals surface area contributed by atoms with Crippen molar-refractivity contribution in [2.45, 2.75) is 38.6 Å². The fraction of sp³-hybridized carbons (Fsp3) is 0.579. The quantitative estimate of drug-likeness (QED) is 0.850. The second-order valence-corrected chi connectivity index (χ2v) is 7.35. The second kappa shape index (κ2) is 6.08. The zero-order chi connectivity index (χ0) is 15.8. The maximum atomic E-state index is 4.82. The van der Waals surface area contributed by atoms with E-state index in [1.807, 2.05) is 0 Å². The lowest BCUT2D eigenvalue weighted by atomic mass is 9.95. The number of hydrogen-bond donors (Lipinski definition) is 0. The molecule has 0 unspecified atom stereocenters. The fourth-order valence-electron chi connectivity index (χ4n) is 3.73. The number of piperidine rings is 1. The molecule has 0 saturated carbocycles. The van der Waals surface area contributed by atoms with Crippen LogP contribution in [-0.4, -0.2) is 47.1 Å². The molecule has 122 valence electrons. The largest absolute Gasteiger partial charge is 0.306 e. The zero-order valence-electron chi connectivity index (χ0n) is 14.2. The third kappa shape index (κ3) is 3.05. The average Bonchev–Trinajstić information content (AvgIpc) is 2.99. The molecule has 1 fully saturated rings. The highest BCUT2D eigenvalue weighted by Gasteiger charge is 2.20. The zero-order valence-corrected chi connectivity index (χ0v) is 14.2. The first-order valence-electron chi connectivity index (χ1n) is 8.90. The number of hydrogen-bond acceptors (Lipinski definition) is 3. The molecule has 1 aromatic heterocycles. The number of rotatable bonds is 2. The van der Waals surface area contributed by atoms with Gasteiger partial charge in [-0.3, -0.25) is 9.67 Å². The van der Waals surface area contributed by atoms with Crippen LogP contribution < -0.4 is 0 Å². The second-order valence-electron chi connectivity index (χ2n) is 7.35. The summed E-state index contributed by atoms with van der Waals surface area (Å²) in [6, 6.07) is 7.19. The average molecular weight is 310 g/mol. The monoisotopic (exact) mass is 310 g/mol. The van der Waals surface area contributed by atoms with E-state index in [9.17, 15) is 0 Å². The predicted molar refractivity (Wildman–Crippen MR) is 95.3 cm³/mol. The molecule has 4 nitrogen and oxygen atoms in total. The summed E-state index contributed by atoms with van der Waals surface area (Å²) < 4.78 is 2.20. The van der Waals surface area contributed by atoms with Crippen molar-refractivity contribution in [1.82, 2.24) is 14.7 Å². The van der Waals surface area contributed by atoms with Gasteiger partial charge in [0.1, 0.15) is 0 Å². The highest BCUT2D eigenvalue weighted by Crippen LogP contribution is 2.25. The standard InChI is InChI=1S/C19H26N4/c1-14-3-5-18(20-12-14)15-4-6-19-16(11-15)13-23(21-19)17-7-9-22(2)10-8-17/h4,6,11,13-14,17H,3,5,7-10,12H2,1-2H3/t14-/m0/s1. The Kier molecular flexibility index (Phi) is 3.93. The molecule has 1 saturated heterocycles. The van der Waals surface area contributed by atoms with Crippen LogP contribution in [-0.2, 0) is 0 Å². The Balaban J connectivity index is 1.60. The molecule has 0 aliphatic carbocycles. The first kappa shape index (κ1) is 14.9. The topological polar surface area (TPSA) is 33.4 Å². The normalized spacial score (nSPS) is 24.1. The molecule has 1 aromatic carbocycles. The summed E-state index contributed by atoms with van der Waals surface area (Å²) in [6.45, 7) is 5.60. The number of likely N-dealkylation sites (tertiary alicyclic amines) is 1. The van der Waals surface area contributed by atoms with Crippen molar-refractivity contribution in [3.05, 3.63) is 30.0 Å². The molecule has 2 aromatic rings. The molecule has 0 radical (unpaired) electrons. The summed E-state index contributed by atoms with van der Waals surface area (Å²) in [4.78, 5) is 7.18. The van der Waals surface area contributed by atoms with Gasteiger partial charge >= 0.3 is 0 Å². The van der Waals surface area contributed by atoms with Crippen LogP contribution in [0.1, 0.15) is 44.2 Å². The van der Waals surface area contributed by atoms with Crippen molar-refractivity contribution in [3.63, 3.8) is 0 Å². The van der Waals surface area contributed by atoms with E-state index in [4.69, 9.17) is 10.1 Å².